The molecule has 27 heavy (non-hydrogen) atoms. The normalized spacial score (nSPS) is 10.9. The minimum Gasteiger partial charge on any atom is -0.497 e. The van der Waals surface area contributed by atoms with Gasteiger partial charge in [-0.2, -0.15) is 0 Å². The molecule has 0 saturated heterocycles. The maximum atomic E-state index is 12.0. The van der Waals surface area contributed by atoms with E-state index < -0.39 is 0 Å². The highest BCUT2D eigenvalue weighted by atomic mass is 79.9. The van der Waals surface area contributed by atoms with Crippen molar-refractivity contribution in [3.63, 3.8) is 0 Å². The Bertz CT molecular complexity index is 1100. The van der Waals surface area contributed by atoms with Gasteiger partial charge in [-0.15, -0.1) is 0 Å². The largest absolute Gasteiger partial charge is 0.497 e. The second kappa shape index (κ2) is 7.28. The maximum Gasteiger partial charge on any atom is 0.287 e. The molecule has 4 rings (SSSR count). The van der Waals surface area contributed by atoms with Crippen LogP contribution in [0.25, 0.3) is 22.6 Å². The van der Waals surface area contributed by atoms with Crippen LogP contribution in [0.1, 0.15) is 16.1 Å². The van der Waals surface area contributed by atoms with Crippen LogP contribution in [0.4, 0.5) is 0 Å². The predicted octanol–water partition coefficient (Wildman–Crippen LogP) is 4.79. The number of aromatic nitrogens is 1. The molecule has 0 aliphatic carbocycles. The number of carbonyl (C=O) groups excluding carboxylic acids is 1. The first-order chi connectivity index (χ1) is 13.1. The van der Waals surface area contributed by atoms with Crippen LogP contribution in [0.15, 0.2) is 68.1 Å². The molecule has 0 aliphatic rings. The molecule has 0 spiro atoms. The lowest BCUT2D eigenvalue weighted by Crippen LogP contribution is -2.22. The van der Waals surface area contributed by atoms with Crippen molar-refractivity contribution in [3.05, 3.63) is 70.6 Å². The predicted molar refractivity (Wildman–Crippen MR) is 104 cm³/mol. The van der Waals surface area contributed by atoms with Crippen molar-refractivity contribution in [3.8, 4) is 17.2 Å². The summed E-state index contributed by atoms with van der Waals surface area (Å²) in [5.41, 5.74) is 3.25. The number of benzene rings is 2. The van der Waals surface area contributed by atoms with E-state index in [1.807, 2.05) is 42.5 Å². The number of methoxy groups -OCH3 is 1. The number of hydrogen-bond donors (Lipinski definition) is 1. The number of nitrogens with one attached hydrogen (secondary N) is 1. The molecule has 6 nitrogen and oxygen atoms in total. The first-order valence-electron chi connectivity index (χ1n) is 8.20. The Kier molecular flexibility index (Phi) is 4.68. The van der Waals surface area contributed by atoms with Gasteiger partial charge in [0.15, 0.2) is 16.0 Å². The van der Waals surface area contributed by atoms with Gasteiger partial charge < -0.3 is 18.9 Å². The first kappa shape index (κ1) is 17.4. The van der Waals surface area contributed by atoms with Crippen LogP contribution in [-0.2, 0) is 6.54 Å². The number of carbonyl (C=O) groups is 1. The Hall–Kier alpha value is -3.06. The van der Waals surface area contributed by atoms with Crippen molar-refractivity contribution in [2.24, 2.45) is 0 Å². The summed E-state index contributed by atoms with van der Waals surface area (Å²) < 4.78 is 16.8. The molecule has 0 aliphatic heterocycles. The highest BCUT2D eigenvalue weighted by Crippen LogP contribution is 2.27. The molecule has 0 atom stereocenters. The molecule has 136 valence electrons. The third kappa shape index (κ3) is 3.73. The third-order valence-electron chi connectivity index (χ3n) is 4.05. The summed E-state index contributed by atoms with van der Waals surface area (Å²) in [7, 11) is 1.62. The minimum absolute atomic E-state index is 0.264. The van der Waals surface area contributed by atoms with Gasteiger partial charge in [-0.3, -0.25) is 4.79 Å². The zero-order chi connectivity index (χ0) is 18.8. The fraction of sp³-hybridized carbons (Fsp3) is 0.100. The van der Waals surface area contributed by atoms with Crippen molar-refractivity contribution >= 4 is 32.9 Å². The molecule has 7 heteroatoms. The summed E-state index contributed by atoms with van der Waals surface area (Å²) in [5.74, 6) is 1.27. The first-order valence-corrected chi connectivity index (χ1v) is 8.99. The fourth-order valence-electron chi connectivity index (χ4n) is 2.63. The third-order valence-corrected chi connectivity index (χ3v) is 4.47. The summed E-state index contributed by atoms with van der Waals surface area (Å²) in [5, 5.41) is 2.82. The van der Waals surface area contributed by atoms with E-state index in [2.05, 4.69) is 26.2 Å². The van der Waals surface area contributed by atoms with Gasteiger partial charge in [0.25, 0.3) is 5.91 Å². The molecule has 1 N–H and O–H groups in total. The van der Waals surface area contributed by atoms with E-state index >= 15 is 0 Å². The Morgan fingerprint density at radius 1 is 1.11 bits per heavy atom. The fourth-order valence-corrected chi connectivity index (χ4v) is 2.94. The monoisotopic (exact) mass is 426 g/mol. The quantitative estimate of drug-likeness (QED) is 0.496. The zero-order valence-corrected chi connectivity index (χ0v) is 15.9. The molecule has 0 fully saturated rings. The van der Waals surface area contributed by atoms with E-state index in [0.717, 1.165) is 22.4 Å². The lowest BCUT2D eigenvalue weighted by Gasteiger charge is -2.04. The van der Waals surface area contributed by atoms with Crippen LogP contribution in [0.2, 0.25) is 0 Å². The number of rotatable bonds is 5. The number of nitrogens with zero attached hydrogens (tertiary/aromatic N) is 1. The lowest BCUT2D eigenvalue weighted by atomic mass is 10.1. The second-order valence-electron chi connectivity index (χ2n) is 5.84. The van der Waals surface area contributed by atoms with Crippen molar-refractivity contribution in [1.82, 2.24) is 10.3 Å². The van der Waals surface area contributed by atoms with Gasteiger partial charge in [-0.25, -0.2) is 4.98 Å². The molecule has 0 radical (unpaired) electrons. The standard InChI is InChI=1S/C20H15BrN2O4/c1-25-14-6-7-16-15(10-14)23-20(27-16)13-4-2-12(3-5-13)11-22-19(24)17-8-9-18(21)26-17/h2-10H,11H2,1H3,(H,22,24). The molecular formula is C20H15BrN2O4. The molecule has 2 aromatic carbocycles. The maximum absolute atomic E-state index is 12.0. The molecule has 4 aromatic rings. The molecule has 1 amide bonds. The number of hydrogen-bond acceptors (Lipinski definition) is 5. The number of furan rings is 1. The van der Waals surface area contributed by atoms with Crippen LogP contribution >= 0.6 is 15.9 Å². The SMILES string of the molecule is COc1ccc2oc(-c3ccc(CNC(=O)c4ccc(Br)o4)cc3)nc2c1. The highest BCUT2D eigenvalue weighted by Gasteiger charge is 2.11. The van der Waals surface area contributed by atoms with Crippen LogP contribution in [0.3, 0.4) is 0 Å². The number of ether oxygens (including phenoxy) is 1. The highest BCUT2D eigenvalue weighted by molar-refractivity contribution is 9.10. The van der Waals surface area contributed by atoms with Gasteiger partial charge in [-0.05, 0) is 57.9 Å². The molecule has 0 unspecified atom stereocenters. The molecule has 2 heterocycles. The van der Waals surface area contributed by atoms with E-state index in [1.165, 1.54) is 0 Å². The van der Waals surface area contributed by atoms with Crippen LogP contribution in [-0.4, -0.2) is 18.0 Å². The Morgan fingerprint density at radius 2 is 1.93 bits per heavy atom. The van der Waals surface area contributed by atoms with Gasteiger partial charge in [-0.1, -0.05) is 12.1 Å². The van der Waals surface area contributed by atoms with Crippen molar-refractivity contribution in [2.75, 3.05) is 7.11 Å². The second-order valence-corrected chi connectivity index (χ2v) is 6.62. The van der Waals surface area contributed by atoms with Crippen molar-refractivity contribution in [1.29, 1.82) is 0 Å². The lowest BCUT2D eigenvalue weighted by molar-refractivity contribution is 0.0922. The number of halogens is 1. The van der Waals surface area contributed by atoms with Gasteiger partial charge in [0, 0.05) is 18.2 Å². The van der Waals surface area contributed by atoms with Gasteiger partial charge in [0.2, 0.25) is 5.89 Å². The van der Waals surface area contributed by atoms with Crippen molar-refractivity contribution in [2.45, 2.75) is 6.54 Å². The summed E-state index contributed by atoms with van der Waals surface area (Å²) >= 11 is 3.18. The van der Waals surface area contributed by atoms with E-state index in [9.17, 15) is 4.79 Å². The van der Waals surface area contributed by atoms with Crippen LogP contribution in [0, 0.1) is 0 Å². The van der Waals surface area contributed by atoms with E-state index in [-0.39, 0.29) is 11.7 Å². The van der Waals surface area contributed by atoms with Crippen molar-refractivity contribution < 1.29 is 18.4 Å². The van der Waals surface area contributed by atoms with E-state index in [1.54, 1.807) is 19.2 Å². The molecule has 0 bridgehead atoms. The smallest absolute Gasteiger partial charge is 0.287 e. The Balaban J connectivity index is 1.46. The summed E-state index contributed by atoms with van der Waals surface area (Å²) in [6.45, 7) is 0.391. The van der Waals surface area contributed by atoms with Crippen LogP contribution in [0.5, 0.6) is 5.75 Å². The average Bonchev–Trinajstić information content (AvgIpc) is 3.32. The zero-order valence-electron chi connectivity index (χ0n) is 14.4. The van der Waals surface area contributed by atoms with E-state index in [0.29, 0.717) is 22.7 Å². The van der Waals surface area contributed by atoms with Gasteiger partial charge in [0.05, 0.1) is 7.11 Å². The summed E-state index contributed by atoms with van der Waals surface area (Å²) in [6, 6.07) is 16.5. The topological polar surface area (TPSA) is 77.5 Å². The summed E-state index contributed by atoms with van der Waals surface area (Å²) in [4.78, 5) is 16.5. The average molecular weight is 427 g/mol. The minimum atomic E-state index is -0.266. The number of oxazole rings is 1. The Morgan fingerprint density at radius 3 is 2.63 bits per heavy atom. The number of fused-ring (bicyclic) bond motifs is 1. The molecule has 0 saturated carbocycles. The van der Waals surface area contributed by atoms with Gasteiger partial charge in [0.1, 0.15) is 11.3 Å². The van der Waals surface area contributed by atoms with Crippen LogP contribution < -0.4 is 10.1 Å². The van der Waals surface area contributed by atoms with E-state index in [4.69, 9.17) is 13.6 Å². The van der Waals surface area contributed by atoms with Gasteiger partial charge >= 0.3 is 0 Å². The molecular weight excluding hydrogens is 412 g/mol. The molecule has 2 aromatic heterocycles. The Labute approximate surface area is 163 Å². The summed E-state index contributed by atoms with van der Waals surface area (Å²) in [6.07, 6.45) is 0. The number of amides is 1.